The van der Waals surface area contributed by atoms with E-state index in [1.54, 1.807) is 0 Å². The number of aromatic nitrogens is 1. The van der Waals surface area contributed by atoms with Crippen molar-refractivity contribution in [2.24, 2.45) is 5.92 Å². The molecule has 0 saturated heterocycles. The quantitative estimate of drug-likeness (QED) is 0.459. The van der Waals surface area contributed by atoms with Gasteiger partial charge in [0.15, 0.2) is 0 Å². The normalized spacial score (nSPS) is 12.8. The average Bonchev–Trinajstić information content (AvgIpc) is 2.68. The minimum absolute atomic E-state index is 0.0558. The van der Waals surface area contributed by atoms with Crippen LogP contribution in [0.15, 0.2) is 72.9 Å². The summed E-state index contributed by atoms with van der Waals surface area (Å²) in [6.07, 6.45) is -2.36. The van der Waals surface area contributed by atoms with Gasteiger partial charge in [0, 0.05) is 11.8 Å². The fourth-order valence-electron chi connectivity index (χ4n) is 2.97. The Hall–Kier alpha value is -2.82. The van der Waals surface area contributed by atoms with E-state index in [1.807, 2.05) is 42.5 Å². The standard InChI is InChI=1S/C23H22F3NO/c1-16(2)14-21(18-6-4-3-5-7-18)28-20-11-8-17(9-12-20)19-10-13-22(27-15-19)23(24,25)26/h3-13,15-16,21H,14H2,1-2H3. The van der Waals surface area contributed by atoms with Crippen LogP contribution < -0.4 is 4.74 Å². The molecule has 5 heteroatoms. The Balaban J connectivity index is 1.76. The second-order valence-corrected chi connectivity index (χ2v) is 7.10. The van der Waals surface area contributed by atoms with Gasteiger partial charge in [0.05, 0.1) is 0 Å². The number of pyridine rings is 1. The van der Waals surface area contributed by atoms with Crippen LogP contribution in [0.3, 0.4) is 0 Å². The van der Waals surface area contributed by atoms with Crippen LogP contribution in [0.25, 0.3) is 11.1 Å². The molecule has 0 fully saturated rings. The van der Waals surface area contributed by atoms with E-state index in [9.17, 15) is 13.2 Å². The predicted molar refractivity (Wildman–Crippen MR) is 104 cm³/mol. The van der Waals surface area contributed by atoms with Crippen molar-refractivity contribution in [2.45, 2.75) is 32.5 Å². The Morgan fingerprint density at radius 2 is 1.50 bits per heavy atom. The van der Waals surface area contributed by atoms with Crippen molar-refractivity contribution in [3.63, 3.8) is 0 Å². The number of alkyl halides is 3. The van der Waals surface area contributed by atoms with Gasteiger partial charge in [-0.05, 0) is 41.7 Å². The van der Waals surface area contributed by atoms with E-state index < -0.39 is 11.9 Å². The van der Waals surface area contributed by atoms with Gasteiger partial charge in [0.1, 0.15) is 17.5 Å². The molecule has 1 aromatic heterocycles. The Kier molecular flexibility index (Phi) is 6.02. The number of rotatable bonds is 6. The van der Waals surface area contributed by atoms with Crippen molar-refractivity contribution in [2.75, 3.05) is 0 Å². The van der Waals surface area contributed by atoms with E-state index in [1.165, 1.54) is 12.3 Å². The molecule has 0 radical (unpaired) electrons. The number of benzene rings is 2. The van der Waals surface area contributed by atoms with Crippen molar-refractivity contribution in [1.82, 2.24) is 4.98 Å². The molecule has 0 aliphatic carbocycles. The topological polar surface area (TPSA) is 22.1 Å². The van der Waals surface area contributed by atoms with Crippen LogP contribution in [-0.2, 0) is 6.18 Å². The molecule has 1 heterocycles. The molecule has 1 atom stereocenters. The number of halogens is 3. The first-order valence-electron chi connectivity index (χ1n) is 9.18. The predicted octanol–water partition coefficient (Wildman–Crippen LogP) is 6.93. The Morgan fingerprint density at radius 1 is 0.857 bits per heavy atom. The smallest absolute Gasteiger partial charge is 0.433 e. The number of ether oxygens (including phenoxy) is 1. The summed E-state index contributed by atoms with van der Waals surface area (Å²) in [7, 11) is 0. The molecule has 28 heavy (non-hydrogen) atoms. The summed E-state index contributed by atoms with van der Waals surface area (Å²) in [5, 5.41) is 0. The maximum atomic E-state index is 12.6. The van der Waals surface area contributed by atoms with Crippen LogP contribution in [0.5, 0.6) is 5.75 Å². The molecule has 3 rings (SSSR count). The van der Waals surface area contributed by atoms with Gasteiger partial charge in [-0.3, -0.25) is 4.98 Å². The molecule has 0 spiro atoms. The van der Waals surface area contributed by atoms with Gasteiger partial charge >= 0.3 is 6.18 Å². The summed E-state index contributed by atoms with van der Waals surface area (Å²) in [6, 6.07) is 19.8. The monoisotopic (exact) mass is 385 g/mol. The first kappa shape index (κ1) is 19.9. The van der Waals surface area contributed by atoms with Crippen molar-refractivity contribution >= 4 is 0 Å². The summed E-state index contributed by atoms with van der Waals surface area (Å²) < 4.78 is 44.1. The lowest BCUT2D eigenvalue weighted by Gasteiger charge is -2.21. The van der Waals surface area contributed by atoms with Crippen LogP contribution in [0.4, 0.5) is 13.2 Å². The fraction of sp³-hybridized carbons (Fsp3) is 0.261. The van der Waals surface area contributed by atoms with Crippen LogP contribution >= 0.6 is 0 Å². The first-order valence-corrected chi connectivity index (χ1v) is 9.18. The van der Waals surface area contributed by atoms with Gasteiger partial charge in [-0.25, -0.2) is 0 Å². The van der Waals surface area contributed by atoms with E-state index >= 15 is 0 Å². The van der Waals surface area contributed by atoms with Crippen LogP contribution in [0, 0.1) is 5.92 Å². The molecular formula is C23H22F3NO. The minimum atomic E-state index is -4.43. The number of hydrogen-bond acceptors (Lipinski definition) is 2. The highest BCUT2D eigenvalue weighted by atomic mass is 19.4. The fourth-order valence-corrected chi connectivity index (χ4v) is 2.97. The second kappa shape index (κ2) is 8.46. The Labute approximate surface area is 163 Å². The second-order valence-electron chi connectivity index (χ2n) is 7.10. The van der Waals surface area contributed by atoms with E-state index in [4.69, 9.17) is 4.74 Å². The molecule has 0 aliphatic heterocycles. The maximum Gasteiger partial charge on any atom is 0.433 e. The van der Waals surface area contributed by atoms with Gasteiger partial charge in [0.2, 0.25) is 0 Å². The third-order valence-corrected chi connectivity index (χ3v) is 4.38. The van der Waals surface area contributed by atoms with Gasteiger partial charge in [-0.2, -0.15) is 13.2 Å². The molecular weight excluding hydrogens is 363 g/mol. The molecule has 146 valence electrons. The maximum absolute atomic E-state index is 12.6. The molecule has 0 bridgehead atoms. The molecule has 2 nitrogen and oxygen atoms in total. The number of nitrogens with zero attached hydrogens (tertiary/aromatic N) is 1. The van der Waals surface area contributed by atoms with E-state index in [0.29, 0.717) is 11.5 Å². The Bertz CT molecular complexity index is 872. The molecule has 2 aromatic carbocycles. The van der Waals surface area contributed by atoms with Gasteiger partial charge < -0.3 is 4.74 Å². The zero-order valence-corrected chi connectivity index (χ0v) is 15.8. The van der Waals surface area contributed by atoms with Crippen LogP contribution in [0.2, 0.25) is 0 Å². The van der Waals surface area contributed by atoms with E-state index in [-0.39, 0.29) is 6.10 Å². The highest BCUT2D eigenvalue weighted by molar-refractivity contribution is 5.63. The van der Waals surface area contributed by atoms with Gasteiger partial charge in [-0.1, -0.05) is 62.4 Å². The van der Waals surface area contributed by atoms with Crippen molar-refractivity contribution < 1.29 is 17.9 Å². The van der Waals surface area contributed by atoms with Crippen molar-refractivity contribution in [3.05, 3.63) is 84.2 Å². The highest BCUT2D eigenvalue weighted by Crippen LogP contribution is 2.31. The summed E-state index contributed by atoms with van der Waals surface area (Å²) in [5.41, 5.74) is 1.64. The molecule has 0 saturated carbocycles. The zero-order chi connectivity index (χ0) is 20.1. The Morgan fingerprint density at radius 3 is 2.04 bits per heavy atom. The van der Waals surface area contributed by atoms with Crippen LogP contribution in [-0.4, -0.2) is 4.98 Å². The lowest BCUT2D eigenvalue weighted by Crippen LogP contribution is -2.10. The van der Waals surface area contributed by atoms with Crippen LogP contribution in [0.1, 0.15) is 37.6 Å². The molecule has 1 unspecified atom stereocenters. The largest absolute Gasteiger partial charge is 0.486 e. The van der Waals surface area contributed by atoms with Crippen molar-refractivity contribution in [1.29, 1.82) is 0 Å². The summed E-state index contributed by atoms with van der Waals surface area (Å²) in [6.45, 7) is 4.31. The van der Waals surface area contributed by atoms with Gasteiger partial charge in [0.25, 0.3) is 0 Å². The SMILES string of the molecule is CC(C)CC(Oc1ccc(-c2ccc(C(F)(F)F)nc2)cc1)c1ccccc1. The lowest BCUT2D eigenvalue weighted by molar-refractivity contribution is -0.141. The lowest BCUT2D eigenvalue weighted by atomic mass is 9.99. The van der Waals surface area contributed by atoms with Gasteiger partial charge in [-0.15, -0.1) is 0 Å². The minimum Gasteiger partial charge on any atom is -0.486 e. The third kappa shape index (κ3) is 5.12. The van der Waals surface area contributed by atoms with E-state index in [0.717, 1.165) is 29.4 Å². The summed E-state index contributed by atoms with van der Waals surface area (Å²) >= 11 is 0. The summed E-state index contributed by atoms with van der Waals surface area (Å²) in [5.74, 6) is 1.20. The summed E-state index contributed by atoms with van der Waals surface area (Å²) in [4.78, 5) is 3.51. The molecule has 0 amide bonds. The number of hydrogen-bond donors (Lipinski definition) is 0. The third-order valence-electron chi connectivity index (χ3n) is 4.38. The molecule has 0 aliphatic rings. The van der Waals surface area contributed by atoms with E-state index in [2.05, 4.69) is 31.0 Å². The first-order chi connectivity index (χ1) is 13.3. The van der Waals surface area contributed by atoms with Crippen molar-refractivity contribution in [3.8, 4) is 16.9 Å². The molecule has 3 aromatic rings. The zero-order valence-electron chi connectivity index (χ0n) is 15.8. The molecule has 0 N–H and O–H groups in total. The average molecular weight is 385 g/mol. The highest BCUT2D eigenvalue weighted by Gasteiger charge is 2.32.